The number of H-pyrrole nitrogens is 1. The SMILES string of the molecule is COc1c(C2CCC(=O)NC2=O)cc2[nH]c(=O)n(C)c2c1N1CCC(CNCOC(=O)N2CCCCC2)CC1. The van der Waals surface area contributed by atoms with Crippen molar-refractivity contribution in [3.05, 3.63) is 22.1 Å². The second-order valence-electron chi connectivity index (χ2n) is 10.7. The maximum absolute atomic E-state index is 12.8. The number of likely N-dealkylation sites (tertiary alicyclic amines) is 1. The number of fused-ring (bicyclic) bond motifs is 1. The number of benzene rings is 1. The minimum absolute atomic E-state index is 0.198. The van der Waals surface area contributed by atoms with Gasteiger partial charge < -0.3 is 24.3 Å². The normalized spacial score (nSPS) is 20.8. The first-order valence-electron chi connectivity index (χ1n) is 13.9. The standard InChI is InChI=1S/C27H38N6O6/c1-31-22-20(29-26(31)36)14-19(18-6-7-21(34)30-25(18)35)24(38-2)23(22)32-12-8-17(9-13-32)15-28-16-39-27(37)33-10-4-3-5-11-33/h14,17-18,28H,3-13,15-16H2,1-2H3,(H,29,36)(H,30,34,35). The second-order valence-corrected chi connectivity index (χ2v) is 10.7. The van der Waals surface area contributed by atoms with Crippen molar-refractivity contribution in [3.63, 3.8) is 0 Å². The van der Waals surface area contributed by atoms with Crippen molar-refractivity contribution in [2.75, 3.05) is 51.5 Å². The molecule has 1 aromatic heterocycles. The average Bonchev–Trinajstić information content (AvgIpc) is 3.23. The summed E-state index contributed by atoms with van der Waals surface area (Å²) in [5, 5.41) is 5.70. The number of ether oxygens (including phenoxy) is 2. The van der Waals surface area contributed by atoms with Gasteiger partial charge in [0.05, 0.1) is 24.1 Å². The summed E-state index contributed by atoms with van der Waals surface area (Å²) in [6.07, 6.45) is 5.43. The molecule has 39 heavy (non-hydrogen) atoms. The molecular weight excluding hydrogens is 504 g/mol. The molecule has 5 rings (SSSR count). The molecule has 3 N–H and O–H groups in total. The van der Waals surface area contributed by atoms with E-state index in [2.05, 4.69) is 20.5 Å². The van der Waals surface area contributed by atoms with Gasteiger partial charge in [-0.3, -0.25) is 24.8 Å². The van der Waals surface area contributed by atoms with Gasteiger partial charge >= 0.3 is 11.8 Å². The highest BCUT2D eigenvalue weighted by molar-refractivity contribution is 6.03. The Labute approximate surface area is 227 Å². The van der Waals surface area contributed by atoms with Crippen LogP contribution in [0.3, 0.4) is 0 Å². The van der Waals surface area contributed by atoms with Crippen molar-refractivity contribution in [2.24, 2.45) is 13.0 Å². The van der Waals surface area contributed by atoms with Gasteiger partial charge in [0.1, 0.15) is 18.2 Å². The fourth-order valence-electron chi connectivity index (χ4n) is 6.06. The van der Waals surface area contributed by atoms with E-state index in [0.717, 1.165) is 69.6 Å². The van der Waals surface area contributed by atoms with Gasteiger partial charge in [-0.15, -0.1) is 0 Å². The molecule has 212 valence electrons. The Hall–Kier alpha value is -3.54. The number of piperidine rings is 3. The number of nitrogens with one attached hydrogen (secondary N) is 3. The minimum Gasteiger partial charge on any atom is -0.494 e. The molecule has 12 heteroatoms. The summed E-state index contributed by atoms with van der Waals surface area (Å²) in [7, 11) is 3.30. The Bertz CT molecular complexity index is 1290. The summed E-state index contributed by atoms with van der Waals surface area (Å²) in [6.45, 7) is 3.96. The number of aromatic amines is 1. The van der Waals surface area contributed by atoms with Crippen molar-refractivity contribution in [1.82, 2.24) is 25.1 Å². The Morgan fingerprint density at radius 2 is 1.82 bits per heavy atom. The fraction of sp³-hybridized carbons (Fsp3) is 0.630. The summed E-state index contributed by atoms with van der Waals surface area (Å²) in [4.78, 5) is 56.2. The zero-order chi connectivity index (χ0) is 27.5. The lowest BCUT2D eigenvalue weighted by Gasteiger charge is -2.36. The molecule has 3 aliphatic rings. The number of aromatic nitrogens is 2. The van der Waals surface area contributed by atoms with E-state index in [1.807, 2.05) is 0 Å². The number of imide groups is 1. The number of amides is 3. The van der Waals surface area contributed by atoms with Crippen LogP contribution in [0.4, 0.5) is 10.5 Å². The summed E-state index contributed by atoms with van der Waals surface area (Å²) in [5.41, 5.74) is 2.59. The maximum atomic E-state index is 12.8. The van der Waals surface area contributed by atoms with Crippen LogP contribution in [0.5, 0.6) is 5.75 Å². The van der Waals surface area contributed by atoms with Crippen LogP contribution in [-0.2, 0) is 21.4 Å². The van der Waals surface area contributed by atoms with Gasteiger partial charge in [0.2, 0.25) is 11.8 Å². The average molecular weight is 543 g/mol. The molecule has 12 nitrogen and oxygen atoms in total. The van der Waals surface area contributed by atoms with E-state index in [4.69, 9.17) is 9.47 Å². The van der Waals surface area contributed by atoms with Gasteiger partial charge in [-0.2, -0.15) is 0 Å². The van der Waals surface area contributed by atoms with Crippen LogP contribution in [0, 0.1) is 5.92 Å². The number of nitrogens with zero attached hydrogens (tertiary/aromatic N) is 3. The molecule has 0 radical (unpaired) electrons. The smallest absolute Gasteiger partial charge is 0.411 e. The summed E-state index contributed by atoms with van der Waals surface area (Å²) in [5.74, 6) is -0.197. The lowest BCUT2D eigenvalue weighted by molar-refractivity contribution is -0.134. The monoisotopic (exact) mass is 542 g/mol. The first-order valence-corrected chi connectivity index (χ1v) is 13.9. The van der Waals surface area contributed by atoms with Crippen LogP contribution < -0.4 is 26.0 Å². The molecule has 2 aromatic rings. The van der Waals surface area contributed by atoms with E-state index in [-0.39, 0.29) is 36.7 Å². The van der Waals surface area contributed by atoms with Crippen molar-refractivity contribution in [2.45, 2.75) is 50.9 Å². The van der Waals surface area contributed by atoms with E-state index in [1.165, 1.54) is 6.42 Å². The number of imidazole rings is 1. The first-order chi connectivity index (χ1) is 18.9. The highest BCUT2D eigenvalue weighted by Gasteiger charge is 2.34. The number of methoxy groups -OCH3 is 1. The van der Waals surface area contributed by atoms with E-state index in [1.54, 1.807) is 29.7 Å². The summed E-state index contributed by atoms with van der Waals surface area (Å²) in [6, 6.07) is 1.81. The molecule has 3 amide bonds. The van der Waals surface area contributed by atoms with Crippen LogP contribution in [0.1, 0.15) is 56.4 Å². The third kappa shape index (κ3) is 5.61. The lowest BCUT2D eigenvalue weighted by Crippen LogP contribution is -2.41. The second kappa shape index (κ2) is 11.7. The van der Waals surface area contributed by atoms with Crippen molar-refractivity contribution < 1.29 is 23.9 Å². The van der Waals surface area contributed by atoms with Crippen LogP contribution in [0.2, 0.25) is 0 Å². The number of hydrogen-bond acceptors (Lipinski definition) is 8. The first kappa shape index (κ1) is 27.0. The Balaban J connectivity index is 1.28. The van der Waals surface area contributed by atoms with Gasteiger partial charge in [0.15, 0.2) is 0 Å². The zero-order valence-corrected chi connectivity index (χ0v) is 22.7. The molecular formula is C27H38N6O6. The minimum atomic E-state index is -0.543. The van der Waals surface area contributed by atoms with E-state index in [0.29, 0.717) is 29.2 Å². The number of carbonyl (C=O) groups excluding carboxylic acids is 3. The molecule has 1 unspecified atom stereocenters. The van der Waals surface area contributed by atoms with E-state index in [9.17, 15) is 19.2 Å². The highest BCUT2D eigenvalue weighted by atomic mass is 16.6. The topological polar surface area (TPSA) is 138 Å². The van der Waals surface area contributed by atoms with Gasteiger partial charge in [-0.1, -0.05) is 0 Å². The van der Waals surface area contributed by atoms with Crippen molar-refractivity contribution in [1.29, 1.82) is 0 Å². The zero-order valence-electron chi connectivity index (χ0n) is 22.7. The third-order valence-electron chi connectivity index (χ3n) is 8.23. The molecule has 0 bridgehead atoms. The quantitative estimate of drug-likeness (QED) is 0.274. The van der Waals surface area contributed by atoms with Crippen LogP contribution >= 0.6 is 0 Å². The maximum Gasteiger partial charge on any atom is 0.411 e. The van der Waals surface area contributed by atoms with Crippen LogP contribution in [-0.4, -0.2) is 78.9 Å². The number of anilines is 1. The molecule has 4 heterocycles. The molecule has 1 atom stereocenters. The number of hydrogen-bond donors (Lipinski definition) is 3. The Kier molecular flexibility index (Phi) is 8.10. The van der Waals surface area contributed by atoms with E-state index < -0.39 is 5.92 Å². The largest absolute Gasteiger partial charge is 0.494 e. The summed E-state index contributed by atoms with van der Waals surface area (Å²) >= 11 is 0. The summed E-state index contributed by atoms with van der Waals surface area (Å²) < 4.78 is 12.9. The third-order valence-corrected chi connectivity index (χ3v) is 8.23. The number of rotatable bonds is 7. The van der Waals surface area contributed by atoms with Gasteiger partial charge in [-0.05, 0) is 50.5 Å². The Morgan fingerprint density at radius 3 is 2.51 bits per heavy atom. The van der Waals surface area contributed by atoms with E-state index >= 15 is 0 Å². The molecule has 3 saturated heterocycles. The Morgan fingerprint density at radius 1 is 1.08 bits per heavy atom. The van der Waals surface area contributed by atoms with Crippen LogP contribution in [0.15, 0.2) is 10.9 Å². The molecule has 0 spiro atoms. The highest BCUT2D eigenvalue weighted by Crippen LogP contribution is 2.44. The number of aryl methyl sites for hydroxylation is 1. The van der Waals surface area contributed by atoms with Gasteiger partial charge in [-0.25, -0.2) is 9.59 Å². The van der Waals surface area contributed by atoms with Gasteiger partial charge in [0, 0.05) is 51.8 Å². The number of carbonyl (C=O) groups is 3. The fourth-order valence-corrected chi connectivity index (χ4v) is 6.06. The molecule has 3 aliphatic heterocycles. The van der Waals surface area contributed by atoms with Crippen molar-refractivity contribution in [3.8, 4) is 5.75 Å². The molecule has 0 saturated carbocycles. The van der Waals surface area contributed by atoms with Gasteiger partial charge in [0.25, 0.3) is 0 Å². The predicted octanol–water partition coefficient (Wildman–Crippen LogP) is 1.78. The predicted molar refractivity (Wildman–Crippen MR) is 145 cm³/mol. The molecule has 3 fully saturated rings. The molecule has 1 aromatic carbocycles. The lowest BCUT2D eigenvalue weighted by atomic mass is 9.88. The van der Waals surface area contributed by atoms with Crippen LogP contribution in [0.25, 0.3) is 11.0 Å². The van der Waals surface area contributed by atoms with Crippen molar-refractivity contribution >= 4 is 34.6 Å². The molecule has 0 aliphatic carbocycles.